The first-order valence-electron chi connectivity index (χ1n) is 5.69. The number of sulfonamides is 1. The number of nitrogens with two attached hydrogens (primary N) is 1. The molecule has 1 heterocycles. The first-order chi connectivity index (χ1) is 8.97. The van der Waals surface area contributed by atoms with Gasteiger partial charge < -0.3 is 5.32 Å². The molecule has 7 nitrogen and oxygen atoms in total. The van der Waals surface area contributed by atoms with E-state index in [9.17, 15) is 13.2 Å². The third-order valence-electron chi connectivity index (χ3n) is 2.58. The van der Waals surface area contributed by atoms with Crippen LogP contribution in [0.2, 0.25) is 0 Å². The summed E-state index contributed by atoms with van der Waals surface area (Å²) in [6.07, 6.45) is 0.271. The van der Waals surface area contributed by atoms with E-state index in [0.29, 0.717) is 5.69 Å². The minimum atomic E-state index is -3.48. The third kappa shape index (κ3) is 3.52. The molecule has 0 saturated heterocycles. The van der Waals surface area contributed by atoms with Crippen molar-refractivity contribution < 1.29 is 13.2 Å². The maximum absolute atomic E-state index is 11.9. The van der Waals surface area contributed by atoms with Crippen LogP contribution in [-0.2, 0) is 10.0 Å². The summed E-state index contributed by atoms with van der Waals surface area (Å²) >= 11 is 0. The van der Waals surface area contributed by atoms with Crippen LogP contribution >= 0.6 is 0 Å². The smallest absolute Gasteiger partial charge is 0.272 e. The SMILES string of the molecule is NS(=O)(=O)CCCNC(=O)c1n[nH]c2ccccc12. The lowest BCUT2D eigenvalue weighted by molar-refractivity contribution is 0.0950. The molecule has 0 aliphatic heterocycles. The van der Waals surface area contributed by atoms with Crippen molar-refractivity contribution in [3.63, 3.8) is 0 Å². The van der Waals surface area contributed by atoms with Crippen molar-refractivity contribution in [2.45, 2.75) is 6.42 Å². The summed E-state index contributed by atoms with van der Waals surface area (Å²) in [5.74, 6) is -0.499. The lowest BCUT2D eigenvalue weighted by atomic mass is 10.2. The second-order valence-electron chi connectivity index (χ2n) is 4.09. The van der Waals surface area contributed by atoms with Crippen LogP contribution in [0.5, 0.6) is 0 Å². The minimum Gasteiger partial charge on any atom is -0.351 e. The number of benzene rings is 1. The fraction of sp³-hybridized carbons (Fsp3) is 0.273. The number of carbonyl (C=O) groups is 1. The number of rotatable bonds is 5. The summed E-state index contributed by atoms with van der Waals surface area (Å²) in [4.78, 5) is 11.9. The van der Waals surface area contributed by atoms with Crippen LogP contribution in [0, 0.1) is 0 Å². The summed E-state index contributed by atoms with van der Waals surface area (Å²) in [6.45, 7) is 0.233. The maximum Gasteiger partial charge on any atom is 0.272 e. The molecule has 0 aliphatic rings. The highest BCUT2D eigenvalue weighted by Gasteiger charge is 2.13. The molecule has 2 rings (SSSR count). The van der Waals surface area contributed by atoms with Crippen LogP contribution in [0.25, 0.3) is 10.9 Å². The molecule has 4 N–H and O–H groups in total. The van der Waals surface area contributed by atoms with Gasteiger partial charge in [-0.05, 0) is 12.5 Å². The number of para-hydroxylation sites is 1. The average Bonchev–Trinajstić information content (AvgIpc) is 2.77. The molecule has 0 aliphatic carbocycles. The Kier molecular flexibility index (Phi) is 3.82. The number of fused-ring (bicyclic) bond motifs is 1. The van der Waals surface area contributed by atoms with Crippen LogP contribution in [0.1, 0.15) is 16.9 Å². The fourth-order valence-corrected chi connectivity index (χ4v) is 2.24. The molecule has 102 valence electrons. The number of H-pyrrole nitrogens is 1. The second-order valence-corrected chi connectivity index (χ2v) is 5.83. The molecule has 8 heteroatoms. The standard InChI is InChI=1S/C11H14N4O3S/c12-19(17,18)7-3-6-13-11(16)10-8-4-1-2-5-9(8)14-15-10/h1-2,4-5H,3,6-7H2,(H,13,16)(H,14,15)(H2,12,17,18). The van der Waals surface area contributed by atoms with Gasteiger partial charge in [-0.25, -0.2) is 13.6 Å². The van der Waals surface area contributed by atoms with Crippen LogP contribution < -0.4 is 10.5 Å². The Labute approximate surface area is 110 Å². The van der Waals surface area contributed by atoms with E-state index in [4.69, 9.17) is 5.14 Å². The van der Waals surface area contributed by atoms with Crippen LogP contribution in [0.3, 0.4) is 0 Å². The van der Waals surface area contributed by atoms with Gasteiger partial charge >= 0.3 is 0 Å². The molecule has 0 spiro atoms. The van der Waals surface area contributed by atoms with Crippen molar-refractivity contribution in [1.29, 1.82) is 0 Å². The minimum absolute atomic E-state index is 0.158. The second kappa shape index (κ2) is 5.37. The largest absolute Gasteiger partial charge is 0.351 e. The fourth-order valence-electron chi connectivity index (χ4n) is 1.70. The van der Waals surface area contributed by atoms with E-state index in [1.807, 2.05) is 18.2 Å². The quantitative estimate of drug-likeness (QED) is 0.667. The van der Waals surface area contributed by atoms with Crippen molar-refractivity contribution in [1.82, 2.24) is 15.5 Å². The lowest BCUT2D eigenvalue weighted by Gasteiger charge is -2.02. The molecule has 19 heavy (non-hydrogen) atoms. The van der Waals surface area contributed by atoms with Crippen molar-refractivity contribution in [3.05, 3.63) is 30.0 Å². The van der Waals surface area contributed by atoms with Gasteiger partial charge in [0.25, 0.3) is 5.91 Å². The van der Waals surface area contributed by atoms with Gasteiger partial charge in [-0.3, -0.25) is 9.89 Å². The molecule has 0 atom stereocenters. The van der Waals surface area contributed by atoms with Crippen molar-refractivity contribution in [2.24, 2.45) is 5.14 Å². The van der Waals surface area contributed by atoms with Crippen LogP contribution in [0.15, 0.2) is 24.3 Å². The number of nitrogens with zero attached hydrogens (tertiary/aromatic N) is 1. The van der Waals surface area contributed by atoms with Gasteiger partial charge in [0, 0.05) is 11.9 Å². The van der Waals surface area contributed by atoms with Gasteiger partial charge in [0.1, 0.15) is 0 Å². The number of carbonyl (C=O) groups excluding carboxylic acids is 1. The van der Waals surface area contributed by atoms with Gasteiger partial charge in [0.2, 0.25) is 10.0 Å². The van der Waals surface area contributed by atoms with E-state index < -0.39 is 10.0 Å². The number of aromatic nitrogens is 2. The Hall–Kier alpha value is -1.93. The molecule has 2 aromatic rings. The first kappa shape index (κ1) is 13.5. The van der Waals surface area contributed by atoms with Gasteiger partial charge in [-0.15, -0.1) is 0 Å². The molecule has 1 amide bonds. The zero-order valence-corrected chi connectivity index (χ0v) is 10.9. The first-order valence-corrected chi connectivity index (χ1v) is 7.41. The monoisotopic (exact) mass is 282 g/mol. The Morgan fingerprint density at radius 3 is 2.84 bits per heavy atom. The number of nitrogens with one attached hydrogen (secondary N) is 2. The summed E-state index contributed by atoms with van der Waals surface area (Å²) in [6, 6.07) is 7.27. The van der Waals surface area contributed by atoms with E-state index in [2.05, 4.69) is 15.5 Å². The predicted octanol–water partition coefficient (Wildman–Crippen LogP) is -0.0287. The molecule has 1 aromatic heterocycles. The Bertz CT molecular complexity index is 693. The van der Waals surface area contributed by atoms with E-state index >= 15 is 0 Å². The Balaban J connectivity index is 1.97. The summed E-state index contributed by atoms with van der Waals surface area (Å²) < 4.78 is 21.5. The van der Waals surface area contributed by atoms with Gasteiger partial charge in [0.15, 0.2) is 5.69 Å². The zero-order valence-electron chi connectivity index (χ0n) is 10.1. The zero-order chi connectivity index (χ0) is 13.9. The third-order valence-corrected chi connectivity index (χ3v) is 3.43. The van der Waals surface area contributed by atoms with Crippen LogP contribution in [-0.4, -0.2) is 36.8 Å². The molecule has 0 radical (unpaired) electrons. The highest BCUT2D eigenvalue weighted by molar-refractivity contribution is 7.89. The van der Waals surface area contributed by atoms with E-state index in [0.717, 1.165) is 10.9 Å². The van der Waals surface area contributed by atoms with E-state index in [-0.39, 0.29) is 24.6 Å². The van der Waals surface area contributed by atoms with Crippen molar-refractivity contribution in [3.8, 4) is 0 Å². The summed E-state index contributed by atoms with van der Waals surface area (Å²) in [5.41, 5.74) is 1.07. The normalized spacial score (nSPS) is 11.6. The maximum atomic E-state index is 11.9. The summed E-state index contributed by atoms with van der Waals surface area (Å²) in [5, 5.41) is 14.9. The average molecular weight is 282 g/mol. The number of aromatic amines is 1. The van der Waals surface area contributed by atoms with E-state index in [1.54, 1.807) is 6.07 Å². The number of hydrogen-bond donors (Lipinski definition) is 3. The molecular weight excluding hydrogens is 268 g/mol. The molecule has 0 unspecified atom stereocenters. The Morgan fingerprint density at radius 2 is 2.11 bits per heavy atom. The molecule has 0 bridgehead atoms. The van der Waals surface area contributed by atoms with Gasteiger partial charge in [0.05, 0.1) is 11.3 Å². The van der Waals surface area contributed by atoms with Crippen LogP contribution in [0.4, 0.5) is 0 Å². The van der Waals surface area contributed by atoms with Crippen molar-refractivity contribution >= 4 is 26.8 Å². The highest BCUT2D eigenvalue weighted by atomic mass is 32.2. The van der Waals surface area contributed by atoms with Gasteiger partial charge in [-0.1, -0.05) is 18.2 Å². The number of hydrogen-bond acceptors (Lipinski definition) is 4. The highest BCUT2D eigenvalue weighted by Crippen LogP contribution is 2.14. The molecular formula is C11H14N4O3S. The predicted molar refractivity (Wildman–Crippen MR) is 71.0 cm³/mol. The topological polar surface area (TPSA) is 118 Å². The molecule has 1 aromatic carbocycles. The Morgan fingerprint density at radius 1 is 1.37 bits per heavy atom. The van der Waals surface area contributed by atoms with E-state index in [1.165, 1.54) is 0 Å². The molecule has 0 fully saturated rings. The molecule has 0 saturated carbocycles. The summed E-state index contributed by atoms with van der Waals surface area (Å²) in [7, 11) is -3.48. The van der Waals surface area contributed by atoms with Crippen molar-refractivity contribution in [2.75, 3.05) is 12.3 Å². The lowest BCUT2D eigenvalue weighted by Crippen LogP contribution is -2.27. The number of primary sulfonamides is 1. The number of amides is 1. The van der Waals surface area contributed by atoms with Gasteiger partial charge in [-0.2, -0.15) is 5.10 Å².